The summed E-state index contributed by atoms with van der Waals surface area (Å²) in [7, 11) is 0. The third-order valence-electron chi connectivity index (χ3n) is 2.34. The van der Waals surface area contributed by atoms with Gasteiger partial charge in [0, 0.05) is 6.54 Å². The molecular weight excluding hydrogens is 200 g/mol. The van der Waals surface area contributed by atoms with E-state index < -0.39 is 0 Å². The number of nitrogens with one attached hydrogen (secondary N) is 2. The summed E-state index contributed by atoms with van der Waals surface area (Å²) in [5, 5.41) is 6.98. The molecule has 2 rings (SSSR count). The molecule has 1 unspecified atom stereocenters. The van der Waals surface area contributed by atoms with E-state index in [1.165, 1.54) is 12.6 Å². The van der Waals surface area contributed by atoms with Crippen LogP contribution >= 0.6 is 11.6 Å². The fraction of sp³-hybridized carbons (Fsp3) is 0.556. The predicted octanol–water partition coefficient (Wildman–Crippen LogP) is 1.15. The molecule has 0 aromatic carbocycles. The van der Waals surface area contributed by atoms with Gasteiger partial charge in [-0.05, 0) is 25.4 Å². The third-order valence-corrected chi connectivity index (χ3v) is 2.52. The van der Waals surface area contributed by atoms with Gasteiger partial charge in [-0.2, -0.15) is 0 Å². The van der Waals surface area contributed by atoms with Crippen molar-refractivity contribution in [2.75, 3.05) is 25.0 Å². The Morgan fingerprint density at radius 1 is 1.57 bits per heavy atom. The van der Waals surface area contributed by atoms with Gasteiger partial charge in [-0.3, -0.25) is 4.98 Å². The van der Waals surface area contributed by atoms with Crippen LogP contribution in [-0.2, 0) is 0 Å². The minimum Gasteiger partial charge on any atom is -0.368 e. The highest BCUT2D eigenvalue weighted by Crippen LogP contribution is 2.10. The van der Waals surface area contributed by atoms with Gasteiger partial charge in [0.1, 0.15) is 11.0 Å². The zero-order chi connectivity index (χ0) is 9.80. The Bertz CT molecular complexity index is 299. The summed E-state index contributed by atoms with van der Waals surface area (Å²) >= 11 is 5.71. The van der Waals surface area contributed by atoms with Crippen molar-refractivity contribution in [2.24, 2.45) is 5.92 Å². The quantitative estimate of drug-likeness (QED) is 0.790. The summed E-state index contributed by atoms with van der Waals surface area (Å²) in [4.78, 5) is 8.06. The Balaban J connectivity index is 1.85. The maximum absolute atomic E-state index is 5.71. The number of rotatable bonds is 3. The molecular formula is C9H13ClN4. The molecule has 1 aliphatic heterocycles. The lowest BCUT2D eigenvalue weighted by atomic mass is 10.1. The minimum atomic E-state index is 0.430. The van der Waals surface area contributed by atoms with Crippen LogP contribution in [0.25, 0.3) is 0 Å². The first-order valence-electron chi connectivity index (χ1n) is 4.77. The van der Waals surface area contributed by atoms with Crippen LogP contribution in [0.2, 0.25) is 5.15 Å². The third kappa shape index (κ3) is 2.56. The first-order chi connectivity index (χ1) is 6.84. The topological polar surface area (TPSA) is 49.8 Å². The van der Waals surface area contributed by atoms with Gasteiger partial charge in [0.25, 0.3) is 0 Å². The summed E-state index contributed by atoms with van der Waals surface area (Å²) < 4.78 is 0. The molecule has 0 saturated carbocycles. The molecule has 0 bridgehead atoms. The van der Waals surface area contributed by atoms with Gasteiger partial charge in [-0.25, -0.2) is 4.98 Å². The summed E-state index contributed by atoms with van der Waals surface area (Å²) in [6.45, 7) is 3.14. The Hall–Kier alpha value is -0.870. The normalized spacial score (nSPS) is 21.1. The minimum absolute atomic E-state index is 0.430. The van der Waals surface area contributed by atoms with Crippen LogP contribution in [0.3, 0.4) is 0 Å². The van der Waals surface area contributed by atoms with Gasteiger partial charge in [0.15, 0.2) is 0 Å². The standard InChI is InChI=1S/C9H13ClN4/c10-8-5-12-6-9(14-8)13-4-7-1-2-11-3-7/h5-7,11H,1-4H2,(H,13,14). The van der Waals surface area contributed by atoms with Crippen molar-refractivity contribution in [3.63, 3.8) is 0 Å². The largest absolute Gasteiger partial charge is 0.368 e. The van der Waals surface area contributed by atoms with Crippen molar-refractivity contribution in [3.05, 3.63) is 17.5 Å². The lowest BCUT2D eigenvalue weighted by Crippen LogP contribution is -2.17. The Labute approximate surface area is 88.1 Å². The second-order valence-corrected chi connectivity index (χ2v) is 3.85. The fourth-order valence-corrected chi connectivity index (χ4v) is 1.71. The van der Waals surface area contributed by atoms with E-state index in [2.05, 4.69) is 20.6 Å². The van der Waals surface area contributed by atoms with Crippen LogP contribution in [-0.4, -0.2) is 29.6 Å². The molecule has 1 aromatic heterocycles. The highest BCUT2D eigenvalue weighted by atomic mass is 35.5. The van der Waals surface area contributed by atoms with E-state index >= 15 is 0 Å². The summed E-state index contributed by atoms with van der Waals surface area (Å²) in [5.74, 6) is 1.44. The number of anilines is 1. The zero-order valence-corrected chi connectivity index (χ0v) is 8.59. The van der Waals surface area contributed by atoms with E-state index in [-0.39, 0.29) is 0 Å². The van der Waals surface area contributed by atoms with Gasteiger partial charge in [-0.15, -0.1) is 0 Å². The number of hydrogen-bond donors (Lipinski definition) is 2. The van der Waals surface area contributed by atoms with Crippen molar-refractivity contribution in [2.45, 2.75) is 6.42 Å². The van der Waals surface area contributed by atoms with Crippen molar-refractivity contribution in [1.29, 1.82) is 0 Å². The zero-order valence-electron chi connectivity index (χ0n) is 7.83. The van der Waals surface area contributed by atoms with Gasteiger partial charge >= 0.3 is 0 Å². The second kappa shape index (κ2) is 4.57. The van der Waals surface area contributed by atoms with Crippen molar-refractivity contribution >= 4 is 17.4 Å². The van der Waals surface area contributed by atoms with Crippen LogP contribution in [0.15, 0.2) is 12.4 Å². The molecule has 1 atom stereocenters. The molecule has 4 nitrogen and oxygen atoms in total. The molecule has 1 fully saturated rings. The SMILES string of the molecule is Clc1cncc(NCC2CCNC2)n1. The highest BCUT2D eigenvalue weighted by molar-refractivity contribution is 6.29. The van der Waals surface area contributed by atoms with E-state index in [4.69, 9.17) is 11.6 Å². The van der Waals surface area contributed by atoms with Gasteiger partial charge in [-0.1, -0.05) is 11.6 Å². The van der Waals surface area contributed by atoms with Gasteiger partial charge in [0.05, 0.1) is 12.4 Å². The Kier molecular flexibility index (Phi) is 3.16. The summed E-state index contributed by atoms with van der Waals surface area (Å²) in [6, 6.07) is 0. The molecule has 1 aromatic rings. The van der Waals surface area contributed by atoms with Crippen molar-refractivity contribution in [1.82, 2.24) is 15.3 Å². The predicted molar refractivity (Wildman–Crippen MR) is 56.5 cm³/mol. The molecule has 76 valence electrons. The van der Waals surface area contributed by atoms with Crippen LogP contribution < -0.4 is 10.6 Å². The van der Waals surface area contributed by atoms with Crippen LogP contribution in [0.5, 0.6) is 0 Å². The maximum atomic E-state index is 5.71. The van der Waals surface area contributed by atoms with Gasteiger partial charge in [0.2, 0.25) is 0 Å². The molecule has 14 heavy (non-hydrogen) atoms. The Morgan fingerprint density at radius 2 is 2.50 bits per heavy atom. The average Bonchev–Trinajstić information content (AvgIpc) is 2.67. The number of halogens is 1. The molecule has 0 spiro atoms. The van der Waals surface area contributed by atoms with Crippen LogP contribution in [0.1, 0.15) is 6.42 Å². The average molecular weight is 213 g/mol. The summed E-state index contributed by atoms with van der Waals surface area (Å²) in [6.07, 6.45) is 4.44. The van der Waals surface area contributed by atoms with Crippen molar-refractivity contribution < 1.29 is 0 Å². The Morgan fingerprint density at radius 3 is 3.21 bits per heavy atom. The molecule has 5 heteroatoms. The molecule has 0 amide bonds. The molecule has 2 heterocycles. The van der Waals surface area contributed by atoms with Crippen LogP contribution in [0.4, 0.5) is 5.82 Å². The molecule has 2 N–H and O–H groups in total. The van der Waals surface area contributed by atoms with Crippen LogP contribution in [0, 0.1) is 5.92 Å². The first-order valence-corrected chi connectivity index (χ1v) is 5.14. The van der Waals surface area contributed by atoms with E-state index in [9.17, 15) is 0 Å². The monoisotopic (exact) mass is 212 g/mol. The number of aromatic nitrogens is 2. The van der Waals surface area contributed by atoms with Crippen molar-refractivity contribution in [3.8, 4) is 0 Å². The van der Waals surface area contributed by atoms with Gasteiger partial charge < -0.3 is 10.6 Å². The first kappa shape index (κ1) is 9.68. The number of hydrogen-bond acceptors (Lipinski definition) is 4. The van der Waals surface area contributed by atoms with E-state index in [1.54, 1.807) is 6.20 Å². The lowest BCUT2D eigenvalue weighted by molar-refractivity contribution is 0.614. The maximum Gasteiger partial charge on any atom is 0.149 e. The van der Waals surface area contributed by atoms with E-state index in [0.717, 1.165) is 25.5 Å². The smallest absolute Gasteiger partial charge is 0.149 e. The fourth-order valence-electron chi connectivity index (χ4n) is 1.56. The second-order valence-electron chi connectivity index (χ2n) is 3.47. The number of nitrogens with zero attached hydrogens (tertiary/aromatic N) is 2. The molecule has 1 aliphatic rings. The summed E-state index contributed by atoms with van der Waals surface area (Å²) in [5.41, 5.74) is 0. The molecule has 0 aliphatic carbocycles. The molecule has 0 radical (unpaired) electrons. The molecule has 1 saturated heterocycles. The lowest BCUT2D eigenvalue weighted by Gasteiger charge is -2.09. The van der Waals surface area contributed by atoms with E-state index in [0.29, 0.717) is 11.1 Å². The van der Waals surface area contributed by atoms with E-state index in [1.807, 2.05) is 0 Å². The highest BCUT2D eigenvalue weighted by Gasteiger charge is 2.13.